The van der Waals surface area contributed by atoms with E-state index >= 15 is 0 Å². The van der Waals surface area contributed by atoms with Crippen molar-refractivity contribution < 1.29 is 18.7 Å². The number of nitrogens with one attached hydrogen (secondary N) is 1. The van der Waals surface area contributed by atoms with Crippen molar-refractivity contribution in [2.24, 2.45) is 0 Å². The highest BCUT2D eigenvalue weighted by Gasteiger charge is 2.45. The van der Waals surface area contributed by atoms with Crippen LogP contribution in [0.4, 0.5) is 5.69 Å². The molecule has 7 heteroatoms. The number of methoxy groups -OCH3 is 2. The minimum Gasteiger partial charge on any atom is -0.497 e. The van der Waals surface area contributed by atoms with Gasteiger partial charge in [-0.2, -0.15) is 0 Å². The van der Waals surface area contributed by atoms with Gasteiger partial charge in [0, 0.05) is 35.1 Å². The summed E-state index contributed by atoms with van der Waals surface area (Å²) in [6.45, 7) is 2.01. The first-order chi connectivity index (χ1) is 13.1. The average molecular weight is 406 g/mol. The fraction of sp³-hybridized carbons (Fsp3) is 0.450. The summed E-state index contributed by atoms with van der Waals surface area (Å²) in [4.78, 5) is 13.0. The van der Waals surface area contributed by atoms with Crippen molar-refractivity contribution >= 4 is 35.1 Å². The molecule has 1 aromatic heterocycles. The van der Waals surface area contributed by atoms with E-state index in [0.717, 1.165) is 42.1 Å². The molecule has 2 aromatic rings. The van der Waals surface area contributed by atoms with Crippen LogP contribution in [0.2, 0.25) is 0 Å². The first kappa shape index (κ1) is 18.6. The number of hydrogen-bond donors (Lipinski definition) is 1. The largest absolute Gasteiger partial charge is 0.497 e. The maximum Gasteiger partial charge on any atom is 0.291 e. The van der Waals surface area contributed by atoms with Crippen LogP contribution in [0.5, 0.6) is 11.5 Å². The summed E-state index contributed by atoms with van der Waals surface area (Å²) in [6.07, 6.45) is 3.14. The Kier molecular flexibility index (Phi) is 5.07. The lowest BCUT2D eigenvalue weighted by molar-refractivity contribution is 0.0993. The zero-order chi connectivity index (χ0) is 19.0. The summed E-state index contributed by atoms with van der Waals surface area (Å²) >= 11 is 3.99. The van der Waals surface area contributed by atoms with Crippen LogP contribution in [0.15, 0.2) is 22.6 Å². The van der Waals surface area contributed by atoms with Crippen LogP contribution in [0.3, 0.4) is 0 Å². The number of furan rings is 1. The third-order valence-electron chi connectivity index (χ3n) is 5.13. The number of benzene rings is 1. The van der Waals surface area contributed by atoms with Gasteiger partial charge in [0.1, 0.15) is 17.3 Å². The lowest BCUT2D eigenvalue weighted by Gasteiger charge is -2.31. The Morgan fingerprint density at radius 3 is 2.70 bits per heavy atom. The van der Waals surface area contributed by atoms with Gasteiger partial charge in [-0.15, -0.1) is 23.5 Å². The first-order valence-corrected chi connectivity index (χ1v) is 11.0. The average Bonchev–Trinajstić information content (AvgIpc) is 3.27. The second-order valence-corrected chi connectivity index (χ2v) is 9.72. The van der Waals surface area contributed by atoms with E-state index < -0.39 is 0 Å². The Morgan fingerprint density at radius 2 is 2.00 bits per heavy atom. The molecule has 144 valence electrons. The molecule has 1 aliphatic heterocycles. The molecule has 5 nitrogen and oxygen atoms in total. The van der Waals surface area contributed by atoms with Crippen molar-refractivity contribution in [3.05, 3.63) is 40.8 Å². The Bertz CT molecular complexity index is 871. The van der Waals surface area contributed by atoms with Gasteiger partial charge in [0.15, 0.2) is 5.76 Å². The summed E-state index contributed by atoms with van der Waals surface area (Å²) in [5.74, 6) is 4.66. The smallest absolute Gasteiger partial charge is 0.291 e. The third-order valence-corrected chi connectivity index (χ3v) is 8.66. The number of anilines is 1. The molecule has 1 N–H and O–H groups in total. The van der Waals surface area contributed by atoms with Gasteiger partial charge in [0.05, 0.1) is 24.0 Å². The second kappa shape index (κ2) is 7.36. The number of hydrogen-bond acceptors (Lipinski definition) is 6. The number of amides is 1. The van der Waals surface area contributed by atoms with Crippen molar-refractivity contribution in [2.75, 3.05) is 31.0 Å². The number of aryl methyl sites for hydroxylation is 1. The number of thioether (sulfide) groups is 2. The Morgan fingerprint density at radius 1 is 1.22 bits per heavy atom. The minimum atomic E-state index is -0.253. The number of carbonyl (C=O) groups is 1. The number of fused-ring (bicyclic) bond motifs is 2. The molecule has 1 spiro atoms. The fourth-order valence-electron chi connectivity index (χ4n) is 3.91. The van der Waals surface area contributed by atoms with E-state index in [0.29, 0.717) is 22.9 Å². The van der Waals surface area contributed by atoms with E-state index in [-0.39, 0.29) is 9.99 Å². The van der Waals surface area contributed by atoms with Crippen LogP contribution in [0.1, 0.15) is 40.3 Å². The van der Waals surface area contributed by atoms with E-state index in [1.54, 1.807) is 32.4 Å². The molecule has 27 heavy (non-hydrogen) atoms. The van der Waals surface area contributed by atoms with E-state index in [9.17, 15) is 4.79 Å². The lowest BCUT2D eigenvalue weighted by atomic mass is 9.94. The predicted octanol–water partition coefficient (Wildman–Crippen LogP) is 4.83. The highest BCUT2D eigenvalue weighted by atomic mass is 32.2. The number of rotatable bonds is 4. The maximum atomic E-state index is 13.0. The molecule has 1 fully saturated rings. The summed E-state index contributed by atoms with van der Waals surface area (Å²) < 4.78 is 16.8. The molecule has 0 unspecified atom stereocenters. The SMILES string of the molecule is COc1ccc(OC)c(NC(=O)c2oc3c(c2C)C2(CCC3)SCCS2)c1. The normalized spacial score (nSPS) is 17.6. The Balaban J connectivity index is 1.67. The molecule has 1 saturated heterocycles. The third kappa shape index (κ3) is 3.21. The van der Waals surface area contributed by atoms with Crippen molar-refractivity contribution in [1.29, 1.82) is 0 Å². The molecule has 2 heterocycles. The molecule has 1 aromatic carbocycles. The van der Waals surface area contributed by atoms with Gasteiger partial charge in [0.2, 0.25) is 0 Å². The lowest BCUT2D eigenvalue weighted by Crippen LogP contribution is -2.21. The molecule has 0 saturated carbocycles. The van der Waals surface area contributed by atoms with Gasteiger partial charge in [0.25, 0.3) is 5.91 Å². The zero-order valence-electron chi connectivity index (χ0n) is 15.7. The Hall–Kier alpha value is -1.73. The number of ether oxygens (including phenoxy) is 2. The van der Waals surface area contributed by atoms with Crippen LogP contribution in [0, 0.1) is 6.92 Å². The summed E-state index contributed by atoms with van der Waals surface area (Å²) in [7, 11) is 3.17. The highest BCUT2D eigenvalue weighted by molar-refractivity contribution is 8.20. The van der Waals surface area contributed by atoms with Crippen LogP contribution in [0.25, 0.3) is 0 Å². The predicted molar refractivity (Wildman–Crippen MR) is 110 cm³/mol. The summed E-state index contributed by atoms with van der Waals surface area (Å²) in [5, 5.41) is 2.93. The van der Waals surface area contributed by atoms with Crippen LogP contribution in [-0.4, -0.2) is 31.6 Å². The molecule has 0 bridgehead atoms. The zero-order valence-corrected chi connectivity index (χ0v) is 17.4. The first-order valence-electron chi connectivity index (χ1n) is 9.02. The van der Waals surface area contributed by atoms with Crippen LogP contribution < -0.4 is 14.8 Å². The molecule has 0 atom stereocenters. The maximum absolute atomic E-state index is 13.0. The van der Waals surface area contributed by atoms with Gasteiger partial charge < -0.3 is 19.2 Å². The quantitative estimate of drug-likeness (QED) is 0.786. The minimum absolute atomic E-state index is 0.0629. The van der Waals surface area contributed by atoms with Crippen molar-refractivity contribution in [3.63, 3.8) is 0 Å². The molecule has 4 rings (SSSR count). The van der Waals surface area contributed by atoms with E-state index in [1.165, 1.54) is 5.56 Å². The monoisotopic (exact) mass is 405 g/mol. The van der Waals surface area contributed by atoms with E-state index in [4.69, 9.17) is 13.9 Å². The molecular formula is C20H23NO4S2. The molecule has 1 amide bonds. The Labute approximate surface area is 167 Å². The van der Waals surface area contributed by atoms with Crippen LogP contribution in [-0.2, 0) is 10.5 Å². The standard InChI is InChI=1S/C20H23NO4S2/c1-12-17-16(5-4-8-20(17)26-9-10-27-20)25-18(12)19(22)21-14-11-13(23-2)6-7-15(14)24-3/h6-7,11H,4-5,8-10H2,1-3H3,(H,21,22). The fourth-order valence-corrected chi connectivity index (χ4v) is 7.46. The van der Waals surface area contributed by atoms with Gasteiger partial charge >= 0.3 is 0 Å². The van der Waals surface area contributed by atoms with Gasteiger partial charge in [-0.1, -0.05) is 0 Å². The van der Waals surface area contributed by atoms with E-state index in [2.05, 4.69) is 5.32 Å². The van der Waals surface area contributed by atoms with Gasteiger partial charge in [-0.25, -0.2) is 0 Å². The summed E-state index contributed by atoms with van der Waals surface area (Å²) in [5.41, 5.74) is 2.77. The second-order valence-electron chi connectivity index (χ2n) is 6.68. The molecule has 1 aliphatic carbocycles. The molecule has 0 radical (unpaired) electrons. The summed E-state index contributed by atoms with van der Waals surface area (Å²) in [6, 6.07) is 5.32. The highest BCUT2D eigenvalue weighted by Crippen LogP contribution is 2.59. The van der Waals surface area contributed by atoms with Crippen LogP contribution >= 0.6 is 23.5 Å². The van der Waals surface area contributed by atoms with Crippen molar-refractivity contribution in [1.82, 2.24) is 0 Å². The van der Waals surface area contributed by atoms with Gasteiger partial charge in [-0.05, 0) is 31.9 Å². The van der Waals surface area contributed by atoms with E-state index in [1.807, 2.05) is 30.4 Å². The van der Waals surface area contributed by atoms with Crippen molar-refractivity contribution in [3.8, 4) is 11.5 Å². The van der Waals surface area contributed by atoms with Gasteiger partial charge in [-0.3, -0.25) is 4.79 Å². The number of carbonyl (C=O) groups excluding carboxylic acids is 1. The van der Waals surface area contributed by atoms with Crippen molar-refractivity contribution in [2.45, 2.75) is 30.3 Å². The molecular weight excluding hydrogens is 382 g/mol. The topological polar surface area (TPSA) is 60.7 Å². The molecule has 2 aliphatic rings.